The number of hydrogen-bond acceptors (Lipinski definition) is 2. The minimum Gasteiger partial charge on any atom is -0.388 e. The lowest BCUT2D eigenvalue weighted by molar-refractivity contribution is 0.153. The molecule has 104 valence electrons. The molecule has 2 heteroatoms. The van der Waals surface area contributed by atoms with Crippen molar-refractivity contribution in [3.05, 3.63) is 66.4 Å². The van der Waals surface area contributed by atoms with Gasteiger partial charge in [0.25, 0.3) is 0 Å². The zero-order valence-corrected chi connectivity index (χ0v) is 11.7. The van der Waals surface area contributed by atoms with Crippen LogP contribution in [-0.4, -0.2) is 10.1 Å². The van der Waals surface area contributed by atoms with Crippen molar-refractivity contribution in [2.75, 3.05) is 0 Å². The summed E-state index contributed by atoms with van der Waals surface area (Å²) in [7, 11) is 0. The van der Waals surface area contributed by atoms with E-state index in [2.05, 4.69) is 47.4 Å². The van der Waals surface area contributed by atoms with Gasteiger partial charge in [-0.15, -0.1) is 0 Å². The summed E-state index contributed by atoms with van der Waals surface area (Å²) in [6.07, 6.45) is 3.73. The van der Waals surface area contributed by atoms with Crippen LogP contribution in [0.2, 0.25) is 0 Å². The first-order valence-electron chi connectivity index (χ1n) is 7.45. The number of benzene rings is 2. The van der Waals surface area contributed by atoms with Gasteiger partial charge in [-0.3, -0.25) is 4.98 Å². The highest BCUT2D eigenvalue weighted by Crippen LogP contribution is 2.40. The molecule has 0 radical (unpaired) electrons. The van der Waals surface area contributed by atoms with Gasteiger partial charge in [-0.2, -0.15) is 0 Å². The smallest absolute Gasteiger partial charge is 0.0833 e. The Hall–Kier alpha value is -2.19. The average molecular weight is 275 g/mol. The van der Waals surface area contributed by atoms with Crippen molar-refractivity contribution in [1.29, 1.82) is 0 Å². The third-order valence-corrected chi connectivity index (χ3v) is 4.26. The molecule has 1 fully saturated rings. The first-order valence-corrected chi connectivity index (χ1v) is 7.45. The second-order valence-electron chi connectivity index (χ2n) is 5.79. The summed E-state index contributed by atoms with van der Waals surface area (Å²) in [5, 5.41) is 12.6. The number of aliphatic hydroxyl groups excluding tert-OH is 1. The lowest BCUT2D eigenvalue weighted by Crippen LogP contribution is -2.00. The molecule has 0 spiro atoms. The van der Waals surface area contributed by atoms with E-state index in [-0.39, 0.29) is 6.10 Å². The van der Waals surface area contributed by atoms with Gasteiger partial charge in [0.1, 0.15) is 0 Å². The summed E-state index contributed by atoms with van der Waals surface area (Å²) in [5.41, 5.74) is 3.03. The van der Waals surface area contributed by atoms with E-state index in [9.17, 15) is 5.11 Å². The lowest BCUT2D eigenvalue weighted by Gasteiger charge is -2.10. The Labute approximate surface area is 124 Å². The van der Waals surface area contributed by atoms with Gasteiger partial charge in [-0.05, 0) is 41.2 Å². The van der Waals surface area contributed by atoms with Crippen LogP contribution in [0.3, 0.4) is 0 Å². The minimum absolute atomic E-state index is 0.348. The molecule has 1 unspecified atom stereocenters. The third-order valence-electron chi connectivity index (χ3n) is 4.26. The molecule has 0 bridgehead atoms. The Balaban J connectivity index is 1.75. The molecule has 3 aromatic rings. The molecule has 1 atom stereocenters. The van der Waals surface area contributed by atoms with Crippen molar-refractivity contribution in [2.24, 2.45) is 5.92 Å². The molecule has 0 aliphatic heterocycles. The van der Waals surface area contributed by atoms with Gasteiger partial charge in [0, 0.05) is 11.8 Å². The third kappa shape index (κ3) is 2.32. The number of pyridine rings is 1. The molecule has 0 saturated heterocycles. The Bertz CT molecular complexity index is 770. The molecule has 2 aromatic carbocycles. The first-order chi connectivity index (χ1) is 10.3. The van der Waals surface area contributed by atoms with E-state index in [0.717, 1.165) is 29.7 Å². The fourth-order valence-corrected chi connectivity index (χ4v) is 2.87. The number of rotatable bonds is 3. The van der Waals surface area contributed by atoms with Gasteiger partial charge >= 0.3 is 0 Å². The van der Waals surface area contributed by atoms with E-state index < -0.39 is 0 Å². The highest BCUT2D eigenvalue weighted by Gasteiger charge is 2.30. The van der Waals surface area contributed by atoms with Crippen LogP contribution in [0.25, 0.3) is 22.0 Å². The fraction of sp³-hybridized carbons (Fsp3) is 0.211. The second-order valence-corrected chi connectivity index (χ2v) is 5.79. The van der Waals surface area contributed by atoms with E-state index in [4.69, 9.17) is 0 Å². The summed E-state index contributed by atoms with van der Waals surface area (Å²) in [6.45, 7) is 0. The molecular weight excluding hydrogens is 258 g/mol. The van der Waals surface area contributed by atoms with Crippen LogP contribution in [0.15, 0.2) is 60.8 Å². The molecule has 1 aliphatic carbocycles. The SMILES string of the molecule is OC(c1ccc(-c2cccc3ccccc23)nc1)C1CC1. The van der Waals surface area contributed by atoms with Crippen LogP contribution in [0.1, 0.15) is 24.5 Å². The molecule has 2 nitrogen and oxygen atoms in total. The second kappa shape index (κ2) is 4.97. The molecule has 4 rings (SSSR count). The minimum atomic E-state index is -0.348. The van der Waals surface area contributed by atoms with E-state index >= 15 is 0 Å². The molecule has 1 saturated carbocycles. The van der Waals surface area contributed by atoms with Gasteiger partial charge in [-0.1, -0.05) is 48.5 Å². The summed E-state index contributed by atoms with van der Waals surface area (Å²) < 4.78 is 0. The Kier molecular flexibility index (Phi) is 2.97. The van der Waals surface area contributed by atoms with Crippen molar-refractivity contribution in [2.45, 2.75) is 18.9 Å². The molecule has 0 amide bonds. The van der Waals surface area contributed by atoms with Crippen LogP contribution in [0, 0.1) is 5.92 Å². The van der Waals surface area contributed by atoms with Gasteiger partial charge < -0.3 is 5.11 Å². The molecular formula is C19H17NO. The predicted octanol–water partition coefficient (Wildman–Crippen LogP) is 4.35. The summed E-state index contributed by atoms with van der Waals surface area (Å²) in [4.78, 5) is 4.57. The number of hydrogen-bond donors (Lipinski definition) is 1. The Morgan fingerprint density at radius 3 is 2.52 bits per heavy atom. The zero-order valence-electron chi connectivity index (χ0n) is 11.7. The quantitative estimate of drug-likeness (QED) is 0.771. The predicted molar refractivity (Wildman–Crippen MR) is 84.9 cm³/mol. The van der Waals surface area contributed by atoms with E-state index in [1.165, 1.54) is 10.8 Å². The first kappa shape index (κ1) is 12.5. The van der Waals surface area contributed by atoms with E-state index in [1.807, 2.05) is 18.3 Å². The number of fused-ring (bicyclic) bond motifs is 1. The van der Waals surface area contributed by atoms with Gasteiger partial charge in [-0.25, -0.2) is 0 Å². The normalized spacial score (nSPS) is 16.0. The summed E-state index contributed by atoms with van der Waals surface area (Å²) >= 11 is 0. The van der Waals surface area contributed by atoms with Crippen LogP contribution >= 0.6 is 0 Å². The van der Waals surface area contributed by atoms with Crippen molar-refractivity contribution in [1.82, 2.24) is 4.98 Å². The largest absolute Gasteiger partial charge is 0.388 e. The van der Waals surface area contributed by atoms with Gasteiger partial charge in [0.15, 0.2) is 0 Å². The van der Waals surface area contributed by atoms with Crippen molar-refractivity contribution >= 4 is 10.8 Å². The summed E-state index contributed by atoms with van der Waals surface area (Å²) in [6, 6.07) is 18.6. The Morgan fingerprint density at radius 1 is 0.952 bits per heavy atom. The monoisotopic (exact) mass is 275 g/mol. The van der Waals surface area contributed by atoms with Crippen LogP contribution in [0.5, 0.6) is 0 Å². The van der Waals surface area contributed by atoms with Crippen LogP contribution < -0.4 is 0 Å². The number of aromatic nitrogens is 1. The van der Waals surface area contributed by atoms with Gasteiger partial charge in [0.05, 0.1) is 11.8 Å². The van der Waals surface area contributed by atoms with Crippen LogP contribution in [-0.2, 0) is 0 Å². The van der Waals surface area contributed by atoms with Crippen molar-refractivity contribution in [3.63, 3.8) is 0 Å². The number of aliphatic hydroxyl groups is 1. The van der Waals surface area contributed by atoms with Gasteiger partial charge in [0.2, 0.25) is 0 Å². The maximum Gasteiger partial charge on any atom is 0.0833 e. The summed E-state index contributed by atoms with van der Waals surface area (Å²) in [5.74, 6) is 0.440. The maximum atomic E-state index is 10.2. The molecule has 1 N–H and O–H groups in total. The van der Waals surface area contributed by atoms with Crippen molar-refractivity contribution < 1.29 is 5.11 Å². The lowest BCUT2D eigenvalue weighted by atomic mass is 10.0. The topological polar surface area (TPSA) is 33.1 Å². The molecule has 21 heavy (non-hydrogen) atoms. The fourth-order valence-electron chi connectivity index (χ4n) is 2.87. The highest BCUT2D eigenvalue weighted by molar-refractivity contribution is 5.95. The molecule has 1 aromatic heterocycles. The molecule has 1 heterocycles. The van der Waals surface area contributed by atoms with E-state index in [1.54, 1.807) is 0 Å². The van der Waals surface area contributed by atoms with Crippen LogP contribution in [0.4, 0.5) is 0 Å². The highest BCUT2D eigenvalue weighted by atomic mass is 16.3. The average Bonchev–Trinajstić information content (AvgIpc) is 3.39. The van der Waals surface area contributed by atoms with Crippen molar-refractivity contribution in [3.8, 4) is 11.3 Å². The Morgan fingerprint density at radius 2 is 1.76 bits per heavy atom. The molecule has 1 aliphatic rings. The van der Waals surface area contributed by atoms with E-state index in [0.29, 0.717) is 5.92 Å². The zero-order chi connectivity index (χ0) is 14.2. The maximum absolute atomic E-state index is 10.2. The standard InChI is InChI=1S/C19H17NO/c21-19(14-8-9-14)15-10-11-18(20-12-15)17-7-3-5-13-4-1-2-6-16(13)17/h1-7,10-12,14,19,21H,8-9H2. The number of nitrogens with zero attached hydrogens (tertiary/aromatic N) is 1.